The molecule has 1 aromatic carbocycles. The van der Waals surface area contributed by atoms with Gasteiger partial charge in [-0.15, -0.1) is 0 Å². The standard InChI is InChI=1S/C14H16N2O/c1-11(2)8-9-16(10-15)14(17)13-6-4-12(3)5-7-13/h4-8H,9H2,1-3H3. The van der Waals surface area contributed by atoms with Crippen LogP contribution in [0.3, 0.4) is 0 Å². The van der Waals surface area contributed by atoms with Crippen molar-refractivity contribution in [3.63, 3.8) is 0 Å². The van der Waals surface area contributed by atoms with Gasteiger partial charge in [0.05, 0.1) is 6.54 Å². The summed E-state index contributed by atoms with van der Waals surface area (Å²) in [5.74, 6) is -0.259. The molecule has 0 atom stereocenters. The molecule has 0 aliphatic heterocycles. The van der Waals surface area contributed by atoms with E-state index in [2.05, 4.69) is 0 Å². The van der Waals surface area contributed by atoms with Crippen molar-refractivity contribution in [1.82, 2.24) is 4.90 Å². The molecule has 3 nitrogen and oxygen atoms in total. The Labute approximate surface area is 102 Å². The first-order valence-corrected chi connectivity index (χ1v) is 5.46. The minimum absolute atomic E-state index is 0.259. The van der Waals surface area contributed by atoms with E-state index in [0.717, 1.165) is 16.0 Å². The number of nitriles is 1. The average molecular weight is 228 g/mol. The van der Waals surface area contributed by atoms with E-state index in [1.807, 2.05) is 45.2 Å². The van der Waals surface area contributed by atoms with Gasteiger partial charge < -0.3 is 0 Å². The van der Waals surface area contributed by atoms with Crippen LogP contribution >= 0.6 is 0 Å². The number of allylic oxidation sites excluding steroid dienone is 1. The van der Waals surface area contributed by atoms with E-state index >= 15 is 0 Å². The number of benzene rings is 1. The van der Waals surface area contributed by atoms with Gasteiger partial charge in [-0.3, -0.25) is 4.79 Å². The summed E-state index contributed by atoms with van der Waals surface area (Å²) in [7, 11) is 0. The third kappa shape index (κ3) is 3.76. The maximum absolute atomic E-state index is 12.0. The first-order valence-electron chi connectivity index (χ1n) is 5.46. The lowest BCUT2D eigenvalue weighted by atomic mass is 10.1. The van der Waals surface area contributed by atoms with Gasteiger partial charge in [0.1, 0.15) is 0 Å². The predicted molar refractivity (Wildman–Crippen MR) is 67.3 cm³/mol. The van der Waals surface area contributed by atoms with Gasteiger partial charge in [0.15, 0.2) is 6.19 Å². The Morgan fingerprint density at radius 2 is 1.94 bits per heavy atom. The van der Waals surface area contributed by atoms with Gasteiger partial charge >= 0.3 is 0 Å². The van der Waals surface area contributed by atoms with Crippen molar-refractivity contribution < 1.29 is 4.79 Å². The van der Waals surface area contributed by atoms with Gasteiger partial charge in [-0.1, -0.05) is 29.3 Å². The molecule has 0 radical (unpaired) electrons. The summed E-state index contributed by atoms with van der Waals surface area (Å²) < 4.78 is 0. The minimum atomic E-state index is -0.259. The summed E-state index contributed by atoms with van der Waals surface area (Å²) in [6, 6.07) is 7.21. The smallest absolute Gasteiger partial charge is 0.267 e. The number of hydrogen-bond donors (Lipinski definition) is 0. The van der Waals surface area contributed by atoms with E-state index < -0.39 is 0 Å². The lowest BCUT2D eigenvalue weighted by Crippen LogP contribution is -2.26. The van der Waals surface area contributed by atoms with E-state index in [1.54, 1.807) is 12.1 Å². The lowest BCUT2D eigenvalue weighted by Gasteiger charge is -2.11. The second-order valence-corrected chi connectivity index (χ2v) is 4.16. The van der Waals surface area contributed by atoms with E-state index in [4.69, 9.17) is 5.26 Å². The summed E-state index contributed by atoms with van der Waals surface area (Å²) >= 11 is 0. The molecule has 0 saturated heterocycles. The van der Waals surface area contributed by atoms with Crippen LogP contribution in [-0.2, 0) is 0 Å². The quantitative estimate of drug-likeness (QED) is 0.453. The van der Waals surface area contributed by atoms with E-state index in [0.29, 0.717) is 12.1 Å². The summed E-state index contributed by atoms with van der Waals surface area (Å²) in [6.45, 7) is 6.16. The van der Waals surface area contributed by atoms with E-state index in [1.165, 1.54) is 0 Å². The maximum atomic E-state index is 12.0. The van der Waals surface area contributed by atoms with Crippen molar-refractivity contribution in [1.29, 1.82) is 5.26 Å². The average Bonchev–Trinajstić information content (AvgIpc) is 2.30. The SMILES string of the molecule is CC(C)=CCN(C#N)C(=O)c1ccc(C)cc1. The van der Waals surface area contributed by atoms with Crippen molar-refractivity contribution in [3.05, 3.63) is 47.0 Å². The fraction of sp³-hybridized carbons (Fsp3) is 0.286. The molecule has 0 aromatic heterocycles. The number of carbonyl (C=O) groups excluding carboxylic acids is 1. The fourth-order valence-corrected chi connectivity index (χ4v) is 1.29. The second kappa shape index (κ2) is 5.86. The molecule has 1 amide bonds. The normalized spacial score (nSPS) is 9.29. The zero-order valence-electron chi connectivity index (χ0n) is 10.4. The molecule has 3 heteroatoms. The number of nitrogens with zero attached hydrogens (tertiary/aromatic N) is 2. The van der Waals surface area contributed by atoms with E-state index in [9.17, 15) is 4.79 Å². The first kappa shape index (κ1) is 13.0. The molecule has 0 spiro atoms. The number of aryl methyl sites for hydroxylation is 1. The molecule has 1 rings (SSSR count). The van der Waals surface area contributed by atoms with Crippen LogP contribution in [0.5, 0.6) is 0 Å². The third-order valence-electron chi connectivity index (χ3n) is 2.35. The highest BCUT2D eigenvalue weighted by atomic mass is 16.2. The summed E-state index contributed by atoms with van der Waals surface area (Å²) in [4.78, 5) is 13.1. The Kier molecular flexibility index (Phi) is 4.47. The van der Waals surface area contributed by atoms with Gasteiger partial charge in [0, 0.05) is 5.56 Å². The van der Waals surface area contributed by atoms with Crippen LogP contribution in [0.1, 0.15) is 29.8 Å². The van der Waals surface area contributed by atoms with Crippen molar-refractivity contribution in [2.24, 2.45) is 0 Å². The van der Waals surface area contributed by atoms with Crippen molar-refractivity contribution >= 4 is 5.91 Å². The summed E-state index contributed by atoms with van der Waals surface area (Å²) in [6.07, 6.45) is 3.77. The molecule has 88 valence electrons. The zero-order chi connectivity index (χ0) is 12.8. The molecule has 0 N–H and O–H groups in total. The molecule has 0 unspecified atom stereocenters. The highest BCUT2D eigenvalue weighted by Crippen LogP contribution is 2.07. The topological polar surface area (TPSA) is 44.1 Å². The van der Waals surface area contributed by atoms with Crippen LogP contribution in [0, 0.1) is 18.4 Å². The number of amides is 1. The predicted octanol–water partition coefficient (Wildman–Crippen LogP) is 2.88. The van der Waals surface area contributed by atoms with E-state index in [-0.39, 0.29) is 5.91 Å². The molecule has 0 bridgehead atoms. The Bertz CT molecular complexity index is 462. The van der Waals surface area contributed by atoms with Gasteiger partial charge in [0.2, 0.25) is 0 Å². The van der Waals surface area contributed by atoms with Crippen LogP contribution in [0.4, 0.5) is 0 Å². The monoisotopic (exact) mass is 228 g/mol. The molecule has 1 aromatic rings. The number of hydrogen-bond acceptors (Lipinski definition) is 2. The second-order valence-electron chi connectivity index (χ2n) is 4.16. The van der Waals surface area contributed by atoms with Crippen LogP contribution < -0.4 is 0 Å². The molecular weight excluding hydrogens is 212 g/mol. The van der Waals surface area contributed by atoms with Gasteiger partial charge in [-0.2, -0.15) is 5.26 Å². The molecule has 0 fully saturated rings. The molecular formula is C14H16N2O. The van der Waals surface area contributed by atoms with Crippen molar-refractivity contribution in [2.45, 2.75) is 20.8 Å². The van der Waals surface area contributed by atoms with Gasteiger partial charge in [-0.05, 0) is 32.9 Å². The first-order chi connectivity index (χ1) is 8.04. The molecule has 0 saturated carbocycles. The van der Waals surface area contributed by atoms with Crippen LogP contribution in [0.2, 0.25) is 0 Å². The number of carbonyl (C=O) groups is 1. The molecule has 17 heavy (non-hydrogen) atoms. The largest absolute Gasteiger partial charge is 0.268 e. The summed E-state index contributed by atoms with van der Waals surface area (Å²) in [5, 5.41) is 8.95. The highest BCUT2D eigenvalue weighted by Gasteiger charge is 2.13. The van der Waals surface area contributed by atoms with Gasteiger partial charge in [-0.25, -0.2) is 4.90 Å². The van der Waals surface area contributed by atoms with Crippen LogP contribution in [0.15, 0.2) is 35.9 Å². The maximum Gasteiger partial charge on any atom is 0.267 e. The fourth-order valence-electron chi connectivity index (χ4n) is 1.29. The Morgan fingerprint density at radius 3 is 2.41 bits per heavy atom. The zero-order valence-corrected chi connectivity index (χ0v) is 10.4. The highest BCUT2D eigenvalue weighted by molar-refractivity contribution is 5.95. The van der Waals surface area contributed by atoms with Gasteiger partial charge in [0.25, 0.3) is 5.91 Å². The number of rotatable bonds is 3. The van der Waals surface area contributed by atoms with Crippen LogP contribution in [0.25, 0.3) is 0 Å². The Balaban J connectivity index is 2.84. The molecule has 0 aliphatic carbocycles. The van der Waals surface area contributed by atoms with Crippen LogP contribution in [-0.4, -0.2) is 17.4 Å². The third-order valence-corrected chi connectivity index (χ3v) is 2.35. The summed E-state index contributed by atoms with van der Waals surface area (Å²) in [5.41, 5.74) is 2.72. The van der Waals surface area contributed by atoms with Crippen molar-refractivity contribution in [2.75, 3.05) is 6.54 Å². The minimum Gasteiger partial charge on any atom is -0.268 e. The Hall–Kier alpha value is -2.08. The Morgan fingerprint density at radius 1 is 1.35 bits per heavy atom. The molecule has 0 heterocycles. The lowest BCUT2D eigenvalue weighted by molar-refractivity contribution is 0.0844. The molecule has 0 aliphatic rings. The van der Waals surface area contributed by atoms with Crippen molar-refractivity contribution in [3.8, 4) is 6.19 Å².